The zero-order valence-corrected chi connectivity index (χ0v) is 21.0. The van der Waals surface area contributed by atoms with Crippen LogP contribution in [0.4, 0.5) is 0 Å². The van der Waals surface area contributed by atoms with Gasteiger partial charge in [0.15, 0.2) is 17.3 Å². The Morgan fingerprint density at radius 3 is 1.57 bits per heavy atom. The zero-order chi connectivity index (χ0) is 25.8. The molecule has 6 nitrogen and oxygen atoms in total. The van der Waals surface area contributed by atoms with Crippen molar-refractivity contribution in [1.82, 2.24) is 5.32 Å². The lowest BCUT2D eigenvalue weighted by atomic mass is 10.0. The quantitative estimate of drug-likeness (QED) is 0.269. The lowest BCUT2D eigenvalue weighted by molar-refractivity contribution is 0.0682. The summed E-state index contributed by atoms with van der Waals surface area (Å²) in [6.45, 7) is 11.5. The first-order valence-electron chi connectivity index (χ1n) is 11.5. The molecule has 0 bridgehead atoms. The van der Waals surface area contributed by atoms with Gasteiger partial charge >= 0.3 is 11.9 Å². The van der Waals surface area contributed by atoms with E-state index in [9.17, 15) is 14.4 Å². The van der Waals surface area contributed by atoms with E-state index in [1.54, 1.807) is 61.5 Å². The average Bonchev–Trinajstić information content (AvgIpc) is 2.79. The number of hydrogen-bond acceptors (Lipinski definition) is 6. The standard InChI is InChI=1S/C29H31NO5/c1-18-7-11-21(12-8-18)27(32)34-24-16-15-23(26(31)20(3)30-29(4,5)6)17-25(24)35-28(33)22-13-9-19(2)10-14-22/h7-17,20,30H,1-6H3. The monoisotopic (exact) mass is 473 g/mol. The van der Waals surface area contributed by atoms with Crippen LogP contribution >= 0.6 is 0 Å². The van der Waals surface area contributed by atoms with Crippen molar-refractivity contribution >= 4 is 17.7 Å². The Hall–Kier alpha value is -3.77. The summed E-state index contributed by atoms with van der Waals surface area (Å²) in [5.74, 6) is -1.36. The molecule has 0 aromatic heterocycles. The predicted molar refractivity (Wildman–Crippen MR) is 135 cm³/mol. The van der Waals surface area contributed by atoms with Crippen molar-refractivity contribution in [3.05, 3.63) is 94.5 Å². The van der Waals surface area contributed by atoms with Crippen molar-refractivity contribution in [2.75, 3.05) is 0 Å². The summed E-state index contributed by atoms with van der Waals surface area (Å²) >= 11 is 0. The van der Waals surface area contributed by atoms with Crippen LogP contribution < -0.4 is 14.8 Å². The zero-order valence-electron chi connectivity index (χ0n) is 21.0. The Morgan fingerprint density at radius 1 is 0.686 bits per heavy atom. The van der Waals surface area contributed by atoms with E-state index in [4.69, 9.17) is 9.47 Å². The fraction of sp³-hybridized carbons (Fsp3) is 0.276. The summed E-state index contributed by atoms with van der Waals surface area (Å²) in [7, 11) is 0. The first-order chi connectivity index (χ1) is 16.4. The topological polar surface area (TPSA) is 81.7 Å². The minimum absolute atomic E-state index is 0.00940. The number of esters is 2. The van der Waals surface area contributed by atoms with Gasteiger partial charge in [-0.1, -0.05) is 35.4 Å². The van der Waals surface area contributed by atoms with Crippen LogP contribution in [0.3, 0.4) is 0 Å². The van der Waals surface area contributed by atoms with E-state index in [2.05, 4.69) is 5.32 Å². The number of carbonyl (C=O) groups excluding carboxylic acids is 3. The highest BCUT2D eigenvalue weighted by molar-refractivity contribution is 6.01. The number of rotatable bonds is 7. The minimum Gasteiger partial charge on any atom is -0.419 e. The van der Waals surface area contributed by atoms with Crippen molar-refractivity contribution in [3.63, 3.8) is 0 Å². The van der Waals surface area contributed by atoms with Crippen LogP contribution in [0.15, 0.2) is 66.7 Å². The summed E-state index contributed by atoms with van der Waals surface area (Å²) in [4.78, 5) is 38.6. The molecule has 0 saturated carbocycles. The third kappa shape index (κ3) is 7.11. The van der Waals surface area contributed by atoms with Crippen LogP contribution in [-0.4, -0.2) is 29.3 Å². The number of nitrogens with one attached hydrogen (secondary N) is 1. The second kappa shape index (κ2) is 10.7. The number of ketones is 1. The van der Waals surface area contributed by atoms with Gasteiger partial charge in [-0.2, -0.15) is 0 Å². The van der Waals surface area contributed by atoms with Gasteiger partial charge in [-0.15, -0.1) is 0 Å². The van der Waals surface area contributed by atoms with Crippen LogP contribution in [0, 0.1) is 13.8 Å². The summed E-state index contributed by atoms with van der Waals surface area (Å²) in [5, 5.41) is 3.24. The third-order valence-corrected chi connectivity index (χ3v) is 5.25. The molecule has 0 aliphatic carbocycles. The van der Waals surface area contributed by atoms with Crippen LogP contribution in [0.2, 0.25) is 0 Å². The molecule has 1 unspecified atom stereocenters. The van der Waals surface area contributed by atoms with Gasteiger partial charge in [-0.3, -0.25) is 4.79 Å². The molecule has 0 heterocycles. The molecule has 0 aliphatic heterocycles. The van der Waals surface area contributed by atoms with Gasteiger partial charge in [-0.05, 0) is 84.0 Å². The molecule has 1 N–H and O–H groups in total. The maximum atomic E-state index is 13.0. The molecular weight excluding hydrogens is 442 g/mol. The van der Waals surface area contributed by atoms with Crippen molar-refractivity contribution < 1.29 is 23.9 Å². The molecule has 0 amide bonds. The number of carbonyl (C=O) groups is 3. The number of ether oxygens (including phenoxy) is 2. The normalized spacial score (nSPS) is 12.1. The fourth-order valence-corrected chi connectivity index (χ4v) is 3.49. The van der Waals surface area contributed by atoms with Crippen molar-refractivity contribution in [2.24, 2.45) is 0 Å². The molecular formula is C29H31NO5. The Labute approximate surface area is 206 Å². The molecule has 3 aromatic rings. The molecule has 35 heavy (non-hydrogen) atoms. The molecule has 0 fully saturated rings. The van der Waals surface area contributed by atoms with E-state index in [0.29, 0.717) is 16.7 Å². The largest absolute Gasteiger partial charge is 0.419 e. The van der Waals surface area contributed by atoms with E-state index >= 15 is 0 Å². The molecule has 0 aliphatic rings. The number of aryl methyl sites for hydroxylation is 2. The lowest BCUT2D eigenvalue weighted by Gasteiger charge is -2.25. The predicted octanol–water partition coefficient (Wildman–Crippen LogP) is 5.70. The number of benzene rings is 3. The van der Waals surface area contributed by atoms with E-state index in [1.807, 2.05) is 34.6 Å². The maximum Gasteiger partial charge on any atom is 0.343 e. The summed E-state index contributed by atoms with van der Waals surface area (Å²) in [6, 6.07) is 17.8. The molecule has 3 rings (SSSR count). The van der Waals surface area contributed by atoms with Crippen molar-refractivity contribution in [2.45, 2.75) is 53.1 Å². The highest BCUT2D eigenvalue weighted by Crippen LogP contribution is 2.31. The van der Waals surface area contributed by atoms with Gasteiger partial charge < -0.3 is 14.8 Å². The Morgan fingerprint density at radius 2 is 1.11 bits per heavy atom. The summed E-state index contributed by atoms with van der Waals surface area (Å²) in [5.41, 5.74) is 2.77. The van der Waals surface area contributed by atoms with Crippen LogP contribution in [0.1, 0.15) is 69.9 Å². The maximum absolute atomic E-state index is 13.0. The van der Waals surface area contributed by atoms with Crippen molar-refractivity contribution in [1.29, 1.82) is 0 Å². The first-order valence-corrected chi connectivity index (χ1v) is 11.5. The number of Topliss-reactive ketones (excluding diaryl/α,β-unsaturated/α-hetero) is 1. The van der Waals surface area contributed by atoms with Gasteiger partial charge in [0.2, 0.25) is 0 Å². The molecule has 182 valence electrons. The lowest BCUT2D eigenvalue weighted by Crippen LogP contribution is -2.46. The van der Waals surface area contributed by atoms with E-state index in [0.717, 1.165) is 11.1 Å². The van der Waals surface area contributed by atoms with Crippen LogP contribution in [0.25, 0.3) is 0 Å². The molecule has 1 atom stereocenters. The molecule has 3 aromatic carbocycles. The van der Waals surface area contributed by atoms with Gasteiger partial charge in [-0.25, -0.2) is 9.59 Å². The minimum atomic E-state index is -0.622. The molecule has 0 spiro atoms. The molecule has 0 radical (unpaired) electrons. The van der Waals surface area contributed by atoms with Crippen molar-refractivity contribution in [3.8, 4) is 11.5 Å². The molecule has 0 saturated heterocycles. The van der Waals surface area contributed by atoms with Gasteiger partial charge in [0.05, 0.1) is 17.2 Å². The Balaban J connectivity index is 1.92. The smallest absolute Gasteiger partial charge is 0.343 e. The van der Waals surface area contributed by atoms with Gasteiger partial charge in [0.25, 0.3) is 0 Å². The average molecular weight is 474 g/mol. The van der Waals surface area contributed by atoms with E-state index in [1.165, 1.54) is 12.1 Å². The third-order valence-electron chi connectivity index (χ3n) is 5.25. The Bertz CT molecular complexity index is 1220. The Kier molecular flexibility index (Phi) is 7.87. The summed E-state index contributed by atoms with van der Waals surface area (Å²) < 4.78 is 11.2. The van der Waals surface area contributed by atoms with Crippen LogP contribution in [-0.2, 0) is 0 Å². The fourth-order valence-electron chi connectivity index (χ4n) is 3.49. The highest BCUT2D eigenvalue weighted by Gasteiger charge is 2.23. The SMILES string of the molecule is Cc1ccc(C(=O)Oc2ccc(C(=O)C(C)NC(C)(C)C)cc2OC(=O)c2ccc(C)cc2)cc1. The first kappa shape index (κ1) is 25.8. The second-order valence-electron chi connectivity index (χ2n) is 9.65. The van der Waals surface area contributed by atoms with Gasteiger partial charge in [0, 0.05) is 11.1 Å². The highest BCUT2D eigenvalue weighted by atomic mass is 16.6. The number of hydrogen-bond donors (Lipinski definition) is 1. The van der Waals surface area contributed by atoms with Crippen LogP contribution in [0.5, 0.6) is 11.5 Å². The van der Waals surface area contributed by atoms with E-state index in [-0.39, 0.29) is 22.8 Å². The van der Waals surface area contributed by atoms with Gasteiger partial charge in [0.1, 0.15) is 0 Å². The second-order valence-corrected chi connectivity index (χ2v) is 9.65. The molecule has 6 heteroatoms. The van der Waals surface area contributed by atoms with E-state index < -0.39 is 18.0 Å². The summed E-state index contributed by atoms with van der Waals surface area (Å²) in [6.07, 6.45) is 0.